The Bertz CT molecular complexity index is 1460. The summed E-state index contributed by atoms with van der Waals surface area (Å²) in [5.74, 6) is 1.54. The summed E-state index contributed by atoms with van der Waals surface area (Å²) < 4.78 is 6.33. The van der Waals surface area contributed by atoms with E-state index in [1.165, 1.54) is 0 Å². The number of rotatable bonds is 2. The number of hydrogen-bond acceptors (Lipinski definition) is 3. The van der Waals surface area contributed by atoms with Gasteiger partial charge < -0.3 is 4.74 Å². The quantitative estimate of drug-likeness (QED) is 0.300. The number of para-hydroxylation sites is 1. The van der Waals surface area contributed by atoms with E-state index in [1.54, 1.807) is 13.8 Å². The standard InChI is InChI=1S/C29H20O3/c1-17(30)19-11-13-22-21-7-3-4-8-23(21)29(25(22)15-19)24-9-5-6-10-27(24)32-28-14-12-20(18(2)31)16-26(28)29/h3-16H,1-2H3. The van der Waals surface area contributed by atoms with Crippen molar-refractivity contribution in [3.8, 4) is 22.6 Å². The fourth-order valence-electron chi connectivity index (χ4n) is 5.34. The molecule has 1 unspecified atom stereocenters. The Morgan fingerprint density at radius 1 is 0.594 bits per heavy atom. The van der Waals surface area contributed by atoms with Gasteiger partial charge in [0.1, 0.15) is 11.5 Å². The van der Waals surface area contributed by atoms with Gasteiger partial charge in [-0.2, -0.15) is 0 Å². The molecule has 32 heavy (non-hydrogen) atoms. The molecular formula is C29H20O3. The smallest absolute Gasteiger partial charge is 0.159 e. The lowest BCUT2D eigenvalue weighted by molar-refractivity contribution is 0.100. The summed E-state index contributed by atoms with van der Waals surface area (Å²) >= 11 is 0. The molecule has 0 saturated heterocycles. The molecule has 1 aliphatic carbocycles. The van der Waals surface area contributed by atoms with Crippen LogP contribution in [0.4, 0.5) is 0 Å². The van der Waals surface area contributed by atoms with Crippen molar-refractivity contribution in [2.45, 2.75) is 19.3 Å². The van der Waals surface area contributed by atoms with Crippen LogP contribution in [0.2, 0.25) is 0 Å². The zero-order valence-electron chi connectivity index (χ0n) is 17.8. The van der Waals surface area contributed by atoms with Gasteiger partial charge in [0, 0.05) is 22.3 Å². The minimum absolute atomic E-state index is 0.00537. The second kappa shape index (κ2) is 6.51. The van der Waals surface area contributed by atoms with Crippen LogP contribution in [0.25, 0.3) is 11.1 Å². The SMILES string of the molecule is CC(=O)c1ccc2c(c1)C1(c3ccccc3O2)c2ccccc2-c2ccc(C(C)=O)cc21. The number of ketones is 2. The third kappa shape index (κ3) is 2.31. The Labute approximate surface area is 186 Å². The molecule has 2 aliphatic rings. The average Bonchev–Trinajstić information content (AvgIpc) is 3.10. The Kier molecular flexibility index (Phi) is 3.82. The van der Waals surface area contributed by atoms with Crippen molar-refractivity contribution in [1.82, 2.24) is 0 Å². The van der Waals surface area contributed by atoms with Gasteiger partial charge in [0.15, 0.2) is 11.6 Å². The van der Waals surface area contributed by atoms with Gasteiger partial charge in [0.2, 0.25) is 0 Å². The van der Waals surface area contributed by atoms with Gasteiger partial charge >= 0.3 is 0 Å². The largest absolute Gasteiger partial charge is 0.457 e. The van der Waals surface area contributed by atoms with E-state index in [9.17, 15) is 9.59 Å². The van der Waals surface area contributed by atoms with Crippen molar-refractivity contribution < 1.29 is 14.3 Å². The summed E-state index contributed by atoms with van der Waals surface area (Å²) in [5.41, 5.74) is 6.99. The molecular weight excluding hydrogens is 396 g/mol. The molecule has 3 nitrogen and oxygen atoms in total. The van der Waals surface area contributed by atoms with Crippen molar-refractivity contribution in [1.29, 1.82) is 0 Å². The van der Waals surface area contributed by atoms with E-state index < -0.39 is 5.41 Å². The molecule has 0 fully saturated rings. The van der Waals surface area contributed by atoms with E-state index in [2.05, 4.69) is 18.2 Å². The number of Topliss-reactive ketones (excluding diaryl/α,β-unsaturated/α-hetero) is 2. The minimum atomic E-state index is -0.674. The van der Waals surface area contributed by atoms with Crippen LogP contribution in [-0.4, -0.2) is 11.6 Å². The van der Waals surface area contributed by atoms with E-state index in [0.717, 1.165) is 44.9 Å². The predicted molar refractivity (Wildman–Crippen MR) is 124 cm³/mol. The molecule has 1 spiro atoms. The highest BCUT2D eigenvalue weighted by molar-refractivity contribution is 5.98. The van der Waals surface area contributed by atoms with Crippen molar-refractivity contribution in [2.24, 2.45) is 0 Å². The fraction of sp³-hybridized carbons (Fsp3) is 0.103. The normalized spacial score (nSPS) is 17.1. The van der Waals surface area contributed by atoms with E-state index in [-0.39, 0.29) is 11.6 Å². The molecule has 0 bridgehead atoms. The Morgan fingerprint density at radius 3 is 1.91 bits per heavy atom. The third-order valence-electron chi connectivity index (χ3n) is 6.75. The maximum atomic E-state index is 12.4. The van der Waals surface area contributed by atoms with Gasteiger partial charge in [-0.1, -0.05) is 54.6 Å². The van der Waals surface area contributed by atoms with Crippen LogP contribution >= 0.6 is 0 Å². The van der Waals surface area contributed by atoms with Gasteiger partial charge in [0.25, 0.3) is 0 Å². The second-order valence-electron chi connectivity index (χ2n) is 8.48. The van der Waals surface area contributed by atoms with Crippen LogP contribution in [-0.2, 0) is 5.41 Å². The summed E-state index contributed by atoms with van der Waals surface area (Å²) in [6, 6.07) is 28.0. The van der Waals surface area contributed by atoms with E-state index in [0.29, 0.717) is 11.1 Å². The van der Waals surface area contributed by atoms with Crippen molar-refractivity contribution in [3.05, 3.63) is 118 Å². The zero-order chi connectivity index (χ0) is 22.0. The molecule has 0 aromatic heterocycles. The highest BCUT2D eigenvalue weighted by Crippen LogP contribution is 2.62. The van der Waals surface area contributed by atoms with Gasteiger partial charge in [-0.15, -0.1) is 0 Å². The number of carbonyl (C=O) groups is 2. The third-order valence-corrected chi connectivity index (χ3v) is 6.75. The van der Waals surface area contributed by atoms with Crippen LogP contribution in [0.15, 0.2) is 84.9 Å². The number of ether oxygens (including phenoxy) is 1. The minimum Gasteiger partial charge on any atom is -0.457 e. The highest BCUT2D eigenvalue weighted by Gasteiger charge is 2.51. The van der Waals surface area contributed by atoms with Gasteiger partial charge in [-0.05, 0) is 66.4 Å². The molecule has 1 atom stereocenters. The lowest BCUT2D eigenvalue weighted by atomic mass is 9.65. The van der Waals surface area contributed by atoms with Crippen LogP contribution in [0.5, 0.6) is 11.5 Å². The fourth-order valence-corrected chi connectivity index (χ4v) is 5.34. The molecule has 0 N–H and O–H groups in total. The molecule has 0 radical (unpaired) electrons. The summed E-state index contributed by atoms with van der Waals surface area (Å²) in [5, 5.41) is 0. The zero-order valence-corrected chi connectivity index (χ0v) is 17.8. The summed E-state index contributed by atoms with van der Waals surface area (Å²) in [4.78, 5) is 24.7. The van der Waals surface area contributed by atoms with Gasteiger partial charge in [-0.25, -0.2) is 0 Å². The predicted octanol–water partition coefficient (Wildman–Crippen LogP) is 6.56. The highest BCUT2D eigenvalue weighted by atomic mass is 16.5. The molecule has 0 amide bonds. The maximum absolute atomic E-state index is 12.4. The summed E-state index contributed by atoms with van der Waals surface area (Å²) in [6.45, 7) is 3.17. The second-order valence-corrected chi connectivity index (χ2v) is 8.48. The van der Waals surface area contributed by atoms with Gasteiger partial charge in [-0.3, -0.25) is 9.59 Å². The van der Waals surface area contributed by atoms with E-state index in [4.69, 9.17) is 4.74 Å². The first kappa shape index (κ1) is 18.8. The number of benzene rings is 4. The van der Waals surface area contributed by atoms with Crippen molar-refractivity contribution in [3.63, 3.8) is 0 Å². The monoisotopic (exact) mass is 416 g/mol. The summed E-state index contributed by atoms with van der Waals surface area (Å²) in [7, 11) is 0. The van der Waals surface area contributed by atoms with Crippen molar-refractivity contribution in [2.75, 3.05) is 0 Å². The van der Waals surface area contributed by atoms with E-state index >= 15 is 0 Å². The van der Waals surface area contributed by atoms with E-state index in [1.807, 2.05) is 66.7 Å². The van der Waals surface area contributed by atoms with Crippen LogP contribution in [0.1, 0.15) is 56.8 Å². The maximum Gasteiger partial charge on any atom is 0.159 e. The Hall–Kier alpha value is -3.98. The van der Waals surface area contributed by atoms with Crippen LogP contribution < -0.4 is 4.74 Å². The number of carbonyl (C=O) groups excluding carboxylic acids is 2. The van der Waals surface area contributed by atoms with Crippen molar-refractivity contribution >= 4 is 11.6 Å². The number of fused-ring (bicyclic) bond motifs is 9. The summed E-state index contributed by atoms with van der Waals surface area (Å²) in [6.07, 6.45) is 0. The molecule has 1 aliphatic heterocycles. The molecule has 0 saturated carbocycles. The lowest BCUT2D eigenvalue weighted by Crippen LogP contribution is -2.32. The molecule has 154 valence electrons. The molecule has 1 heterocycles. The Morgan fingerprint density at radius 2 is 1.16 bits per heavy atom. The Balaban J connectivity index is 1.83. The molecule has 4 aromatic rings. The molecule has 3 heteroatoms. The van der Waals surface area contributed by atoms with Crippen LogP contribution in [0, 0.1) is 0 Å². The average molecular weight is 416 g/mol. The number of hydrogen-bond donors (Lipinski definition) is 0. The lowest BCUT2D eigenvalue weighted by Gasteiger charge is -2.39. The first-order valence-corrected chi connectivity index (χ1v) is 10.7. The molecule has 6 rings (SSSR count). The van der Waals surface area contributed by atoms with Crippen LogP contribution in [0.3, 0.4) is 0 Å². The topological polar surface area (TPSA) is 43.4 Å². The van der Waals surface area contributed by atoms with Gasteiger partial charge in [0.05, 0.1) is 5.41 Å². The first-order chi connectivity index (χ1) is 15.5. The molecule has 4 aromatic carbocycles. The first-order valence-electron chi connectivity index (χ1n) is 10.7.